The summed E-state index contributed by atoms with van der Waals surface area (Å²) >= 11 is 0. The minimum Gasteiger partial charge on any atom is -0.325 e. The highest BCUT2D eigenvalue weighted by atomic mass is 14.8. The van der Waals surface area contributed by atoms with Crippen LogP contribution in [0.15, 0.2) is 0 Å². The van der Waals surface area contributed by atoms with E-state index in [1.54, 1.807) is 0 Å². The van der Waals surface area contributed by atoms with Crippen LogP contribution in [0, 0.1) is 17.8 Å². The molecule has 2 unspecified atom stereocenters. The smallest absolute Gasteiger partial charge is 0.0182 e. The Hall–Kier alpha value is -0.0400. The molecule has 214 valence electrons. The van der Waals surface area contributed by atoms with Crippen LogP contribution >= 0.6 is 0 Å². The quantitative estimate of drug-likeness (QED) is 0.349. The first-order valence-electron chi connectivity index (χ1n) is 17.4. The fourth-order valence-electron chi connectivity index (χ4n) is 7.54. The molecule has 0 heterocycles. The van der Waals surface area contributed by atoms with Crippen LogP contribution in [-0.4, -0.2) is 5.54 Å². The summed E-state index contributed by atoms with van der Waals surface area (Å²) in [7, 11) is 0. The van der Waals surface area contributed by atoms with Crippen LogP contribution in [-0.2, 0) is 0 Å². The Kier molecular flexibility index (Phi) is 18.6. The molecule has 0 spiro atoms. The highest BCUT2D eigenvalue weighted by molar-refractivity contribution is 5.01. The van der Waals surface area contributed by atoms with E-state index in [-0.39, 0.29) is 5.54 Å². The van der Waals surface area contributed by atoms with Crippen molar-refractivity contribution in [3.05, 3.63) is 0 Å². The molecule has 2 fully saturated rings. The monoisotopic (exact) mass is 504 g/mol. The normalized spacial score (nSPS) is 33.9. The molecular weight excluding hydrogens is 434 g/mol. The summed E-state index contributed by atoms with van der Waals surface area (Å²) in [6.07, 6.45) is 42.5. The summed E-state index contributed by atoms with van der Waals surface area (Å²) in [4.78, 5) is 0. The molecule has 0 radical (unpaired) electrons. The molecule has 0 aliphatic heterocycles. The second-order valence-corrected chi connectivity index (χ2v) is 13.6. The van der Waals surface area contributed by atoms with Crippen molar-refractivity contribution in [1.82, 2.24) is 0 Å². The topological polar surface area (TPSA) is 26.0 Å². The summed E-state index contributed by atoms with van der Waals surface area (Å²) in [6, 6.07) is 0. The molecule has 0 aromatic carbocycles. The Bertz CT molecular complexity index is 483. The third-order valence-corrected chi connectivity index (χ3v) is 10.5. The average molecular weight is 504 g/mol. The van der Waals surface area contributed by atoms with Crippen molar-refractivity contribution < 1.29 is 0 Å². The Morgan fingerprint density at radius 1 is 0.417 bits per heavy atom. The van der Waals surface area contributed by atoms with Crippen LogP contribution in [0.1, 0.15) is 200 Å². The molecule has 2 aliphatic carbocycles. The van der Waals surface area contributed by atoms with Crippen LogP contribution in [0.4, 0.5) is 0 Å². The molecule has 36 heavy (non-hydrogen) atoms. The molecule has 2 saturated carbocycles. The average Bonchev–Trinajstić information content (AvgIpc) is 3.08. The molecule has 2 aliphatic rings. The van der Waals surface area contributed by atoms with Crippen molar-refractivity contribution in [3.63, 3.8) is 0 Å². The lowest BCUT2D eigenvalue weighted by Gasteiger charge is -2.32. The van der Waals surface area contributed by atoms with Crippen molar-refractivity contribution >= 4 is 0 Å². The maximum Gasteiger partial charge on any atom is 0.0182 e. The summed E-state index contributed by atoms with van der Waals surface area (Å²) < 4.78 is 0. The van der Waals surface area contributed by atoms with Crippen LogP contribution in [0.25, 0.3) is 0 Å². The van der Waals surface area contributed by atoms with Gasteiger partial charge in [-0.2, -0.15) is 0 Å². The summed E-state index contributed by atoms with van der Waals surface area (Å²) in [5.41, 5.74) is 7.01. The highest BCUT2D eigenvalue weighted by Crippen LogP contribution is 2.47. The van der Waals surface area contributed by atoms with Gasteiger partial charge in [-0.15, -0.1) is 0 Å². The minimum atomic E-state index is 0.0727. The minimum absolute atomic E-state index is 0.0727. The highest BCUT2D eigenvalue weighted by Gasteiger charge is 2.46. The zero-order valence-corrected chi connectivity index (χ0v) is 25.3. The summed E-state index contributed by atoms with van der Waals surface area (Å²) in [5.74, 6) is 2.35. The maximum absolute atomic E-state index is 6.94. The van der Waals surface area contributed by atoms with E-state index in [1.165, 1.54) is 186 Å². The van der Waals surface area contributed by atoms with Gasteiger partial charge in [0.05, 0.1) is 0 Å². The molecule has 2 N–H and O–H groups in total. The summed E-state index contributed by atoms with van der Waals surface area (Å²) in [6.45, 7) is 4.85. The van der Waals surface area contributed by atoms with Crippen LogP contribution in [0.5, 0.6) is 0 Å². The molecule has 1 heteroatoms. The Morgan fingerprint density at radius 3 is 0.972 bits per heavy atom. The van der Waals surface area contributed by atoms with Gasteiger partial charge in [0.25, 0.3) is 0 Å². The molecule has 1 nitrogen and oxygen atoms in total. The van der Waals surface area contributed by atoms with E-state index < -0.39 is 0 Å². The Balaban J connectivity index is 1.63. The molecule has 2 bridgehead atoms. The number of nitrogens with two attached hydrogens (primary N) is 1. The van der Waals surface area contributed by atoms with E-state index in [1.807, 2.05) is 0 Å². The van der Waals surface area contributed by atoms with E-state index in [2.05, 4.69) is 13.8 Å². The first-order chi connectivity index (χ1) is 17.6. The Labute approximate surface area is 228 Å². The fourth-order valence-corrected chi connectivity index (χ4v) is 7.54. The zero-order chi connectivity index (χ0) is 25.7. The van der Waals surface area contributed by atoms with Gasteiger partial charge in [0, 0.05) is 5.54 Å². The first-order valence-corrected chi connectivity index (χ1v) is 17.4. The van der Waals surface area contributed by atoms with Gasteiger partial charge in [0.2, 0.25) is 0 Å². The van der Waals surface area contributed by atoms with E-state index in [0.29, 0.717) is 5.92 Å². The van der Waals surface area contributed by atoms with Gasteiger partial charge in [-0.05, 0) is 37.5 Å². The van der Waals surface area contributed by atoms with Gasteiger partial charge >= 0.3 is 0 Å². The standard InChI is InChI=1S/C35H69N/c1-32-33-29-27-25-23-21-19-17-15-13-11-9-7-5-3-4-6-8-10-12-14-16-18-20-22-24-26-28-30-34(31-33)35(32,2)36/h32-34H,3-31,36H2,1-2H3/t32?,33-,34?,35+/m0/s1. The molecule has 0 aromatic heterocycles. The van der Waals surface area contributed by atoms with E-state index in [0.717, 1.165) is 11.8 Å². The molecule has 4 atom stereocenters. The lowest BCUT2D eigenvalue weighted by Crippen LogP contribution is -2.45. The molecule has 0 aromatic rings. The second-order valence-electron chi connectivity index (χ2n) is 13.6. The molecular formula is C35H69N. The summed E-state index contributed by atoms with van der Waals surface area (Å²) in [5, 5.41) is 0. The van der Waals surface area contributed by atoms with E-state index >= 15 is 0 Å². The van der Waals surface area contributed by atoms with Crippen LogP contribution in [0.3, 0.4) is 0 Å². The molecule has 2 rings (SSSR count). The van der Waals surface area contributed by atoms with Gasteiger partial charge < -0.3 is 5.73 Å². The number of rotatable bonds is 0. The van der Waals surface area contributed by atoms with Gasteiger partial charge in [0.1, 0.15) is 0 Å². The number of fused-ring (bicyclic) bond motifs is 2. The van der Waals surface area contributed by atoms with Gasteiger partial charge in [-0.25, -0.2) is 0 Å². The lowest BCUT2D eigenvalue weighted by atomic mass is 9.80. The number of hydrogen-bond donors (Lipinski definition) is 1. The van der Waals surface area contributed by atoms with E-state index in [4.69, 9.17) is 5.73 Å². The fraction of sp³-hybridized carbons (Fsp3) is 1.00. The molecule has 0 saturated heterocycles. The zero-order valence-electron chi connectivity index (χ0n) is 25.3. The van der Waals surface area contributed by atoms with Crippen LogP contribution in [0.2, 0.25) is 0 Å². The van der Waals surface area contributed by atoms with Gasteiger partial charge in [-0.3, -0.25) is 0 Å². The van der Waals surface area contributed by atoms with E-state index in [9.17, 15) is 0 Å². The van der Waals surface area contributed by atoms with Crippen molar-refractivity contribution in [2.24, 2.45) is 23.5 Å². The third kappa shape index (κ3) is 14.2. The lowest BCUT2D eigenvalue weighted by molar-refractivity contribution is 0.250. The largest absolute Gasteiger partial charge is 0.325 e. The Morgan fingerprint density at radius 2 is 0.667 bits per heavy atom. The van der Waals surface area contributed by atoms with Gasteiger partial charge in [0.15, 0.2) is 0 Å². The van der Waals surface area contributed by atoms with Crippen molar-refractivity contribution in [2.75, 3.05) is 0 Å². The second kappa shape index (κ2) is 20.9. The van der Waals surface area contributed by atoms with Crippen molar-refractivity contribution in [2.45, 2.75) is 206 Å². The number of hydrogen-bond acceptors (Lipinski definition) is 1. The predicted octanol–water partition coefficient (Wildman–Crippen LogP) is 11.9. The predicted molar refractivity (Wildman–Crippen MR) is 163 cm³/mol. The van der Waals surface area contributed by atoms with Crippen molar-refractivity contribution in [3.8, 4) is 0 Å². The SMILES string of the molecule is CC1[C@H]2CCCCCCCCCCCCCCCCCCCCCCCCCCCCC(C2)[C@]1(C)N. The van der Waals surface area contributed by atoms with Crippen molar-refractivity contribution in [1.29, 1.82) is 0 Å². The first kappa shape index (κ1) is 32.2. The molecule has 0 amide bonds. The maximum atomic E-state index is 6.94. The van der Waals surface area contributed by atoms with Crippen LogP contribution < -0.4 is 5.73 Å². The third-order valence-electron chi connectivity index (χ3n) is 10.5. The van der Waals surface area contributed by atoms with Gasteiger partial charge in [-0.1, -0.05) is 180 Å².